The van der Waals surface area contributed by atoms with Crippen molar-refractivity contribution in [1.82, 2.24) is 14.9 Å². The van der Waals surface area contributed by atoms with Gasteiger partial charge in [-0.15, -0.1) is 0 Å². The van der Waals surface area contributed by atoms with Crippen molar-refractivity contribution in [3.63, 3.8) is 0 Å². The van der Waals surface area contributed by atoms with Gasteiger partial charge in [-0.05, 0) is 72.4 Å². The Morgan fingerprint density at radius 3 is 2.63 bits per heavy atom. The van der Waals surface area contributed by atoms with Gasteiger partial charge in [0.1, 0.15) is 11.6 Å². The molecule has 0 aliphatic rings. The molecule has 0 unspecified atom stereocenters. The first-order valence-corrected chi connectivity index (χ1v) is 13.5. The van der Waals surface area contributed by atoms with E-state index in [9.17, 15) is 4.79 Å². The number of para-hydroxylation sites is 2. The lowest BCUT2D eigenvalue weighted by atomic mass is 10.0. The molecule has 0 saturated carbocycles. The van der Waals surface area contributed by atoms with Crippen LogP contribution in [0.15, 0.2) is 84.9 Å². The highest BCUT2D eigenvalue weighted by Gasteiger charge is 2.12. The van der Waals surface area contributed by atoms with Gasteiger partial charge in [0.15, 0.2) is 6.61 Å². The summed E-state index contributed by atoms with van der Waals surface area (Å²) in [5, 5.41) is 5.53. The summed E-state index contributed by atoms with van der Waals surface area (Å²) in [6.45, 7) is 5.51. The van der Waals surface area contributed by atoms with Crippen LogP contribution < -0.4 is 10.1 Å². The minimum Gasteiger partial charge on any atom is -0.483 e. The molecule has 1 N–H and O–H groups in total. The van der Waals surface area contributed by atoms with Crippen molar-refractivity contribution in [3.8, 4) is 5.75 Å². The van der Waals surface area contributed by atoms with Gasteiger partial charge in [0.05, 0.1) is 11.0 Å². The number of carbonyl (C=O) groups excluding carboxylic acids is 1. The Morgan fingerprint density at radius 2 is 1.71 bits per heavy atom. The molecule has 0 atom stereocenters. The predicted molar refractivity (Wildman–Crippen MR) is 155 cm³/mol. The molecule has 0 bridgehead atoms. The largest absolute Gasteiger partial charge is 0.483 e. The molecule has 1 heterocycles. The van der Waals surface area contributed by atoms with E-state index in [2.05, 4.69) is 70.5 Å². The molecule has 5 rings (SSSR count). The zero-order valence-corrected chi connectivity index (χ0v) is 22.2. The lowest BCUT2D eigenvalue weighted by Crippen LogP contribution is -2.29. The smallest absolute Gasteiger partial charge is 0.257 e. The number of fused-ring (bicyclic) bond motifs is 2. The molecule has 38 heavy (non-hydrogen) atoms. The summed E-state index contributed by atoms with van der Waals surface area (Å²) in [4.78, 5) is 17.2. The van der Waals surface area contributed by atoms with Gasteiger partial charge in [-0.2, -0.15) is 0 Å². The van der Waals surface area contributed by atoms with E-state index in [4.69, 9.17) is 9.72 Å². The van der Waals surface area contributed by atoms with E-state index in [0.29, 0.717) is 6.54 Å². The Hall–Kier alpha value is -4.12. The fraction of sp³-hybridized carbons (Fsp3) is 0.273. The highest BCUT2D eigenvalue weighted by atomic mass is 16.5. The van der Waals surface area contributed by atoms with Crippen molar-refractivity contribution in [1.29, 1.82) is 0 Å². The highest BCUT2D eigenvalue weighted by Crippen LogP contribution is 2.24. The van der Waals surface area contributed by atoms with Gasteiger partial charge in [-0.1, -0.05) is 73.2 Å². The average Bonchev–Trinajstić information content (AvgIpc) is 3.28. The maximum atomic E-state index is 12.2. The molecule has 1 amide bonds. The number of carbonyl (C=O) groups is 1. The molecule has 0 saturated heterocycles. The Balaban J connectivity index is 1.14. The third kappa shape index (κ3) is 6.05. The lowest BCUT2D eigenvalue weighted by Gasteiger charge is -2.12. The number of unbranched alkanes of at least 4 members (excludes halogenated alkanes) is 2. The summed E-state index contributed by atoms with van der Waals surface area (Å²) in [5.74, 6) is 1.81. The summed E-state index contributed by atoms with van der Waals surface area (Å²) in [6, 6.07) is 29.5. The fourth-order valence-corrected chi connectivity index (χ4v) is 4.96. The number of amides is 1. The average molecular weight is 506 g/mol. The number of aryl methyl sites for hydroxylation is 3. The van der Waals surface area contributed by atoms with Gasteiger partial charge in [-0.25, -0.2) is 4.98 Å². The molecule has 0 fully saturated rings. The quantitative estimate of drug-likeness (QED) is 0.202. The standard InChI is InChI=1S/C33H35N3O2/c1-24-18-19-25(2)31(21-24)38-23-33(37)34-20-9-3-4-17-32-35-29-15-7-8-16-30(29)36(32)22-27-13-10-12-26-11-5-6-14-28(26)27/h5-8,10-16,18-19,21H,3-4,9,17,20,22-23H2,1-2H3,(H,34,37). The Labute approximate surface area is 224 Å². The van der Waals surface area contributed by atoms with Crippen LogP contribution in [0.25, 0.3) is 21.8 Å². The van der Waals surface area contributed by atoms with E-state index in [0.717, 1.165) is 60.4 Å². The van der Waals surface area contributed by atoms with Crippen molar-refractivity contribution in [2.75, 3.05) is 13.2 Å². The van der Waals surface area contributed by atoms with Gasteiger partial charge in [-0.3, -0.25) is 4.79 Å². The highest BCUT2D eigenvalue weighted by molar-refractivity contribution is 5.86. The molecule has 5 heteroatoms. The van der Waals surface area contributed by atoms with Crippen molar-refractivity contribution in [2.45, 2.75) is 46.1 Å². The number of rotatable bonds is 11. The number of hydrogen-bond donors (Lipinski definition) is 1. The van der Waals surface area contributed by atoms with E-state index >= 15 is 0 Å². The molecule has 0 aliphatic carbocycles. The van der Waals surface area contributed by atoms with Crippen LogP contribution in [0.5, 0.6) is 5.75 Å². The van der Waals surface area contributed by atoms with Crippen molar-refractivity contribution in [3.05, 3.63) is 107 Å². The van der Waals surface area contributed by atoms with Gasteiger partial charge in [0, 0.05) is 19.5 Å². The molecular weight excluding hydrogens is 470 g/mol. The number of nitrogens with zero attached hydrogens (tertiary/aromatic N) is 2. The number of benzene rings is 4. The van der Waals surface area contributed by atoms with E-state index in [1.54, 1.807) is 0 Å². The summed E-state index contributed by atoms with van der Waals surface area (Å²) >= 11 is 0. The molecule has 0 aliphatic heterocycles. The van der Waals surface area contributed by atoms with Crippen molar-refractivity contribution < 1.29 is 9.53 Å². The van der Waals surface area contributed by atoms with E-state index < -0.39 is 0 Å². The summed E-state index contributed by atoms with van der Waals surface area (Å²) < 4.78 is 8.07. The zero-order valence-electron chi connectivity index (χ0n) is 22.2. The molecular formula is C33H35N3O2. The van der Waals surface area contributed by atoms with Gasteiger partial charge < -0.3 is 14.6 Å². The Kier molecular flexibility index (Phi) is 8.03. The molecule has 0 spiro atoms. The van der Waals surface area contributed by atoms with Crippen molar-refractivity contribution in [2.24, 2.45) is 0 Å². The van der Waals surface area contributed by atoms with Crippen LogP contribution in [0.2, 0.25) is 0 Å². The minimum atomic E-state index is -0.0808. The van der Waals surface area contributed by atoms with Crippen LogP contribution >= 0.6 is 0 Å². The fourth-order valence-electron chi connectivity index (χ4n) is 4.96. The number of aromatic nitrogens is 2. The Bertz CT molecular complexity index is 1550. The third-order valence-corrected chi connectivity index (χ3v) is 7.04. The van der Waals surface area contributed by atoms with Crippen LogP contribution in [0.4, 0.5) is 0 Å². The van der Waals surface area contributed by atoms with Crippen LogP contribution in [0, 0.1) is 13.8 Å². The van der Waals surface area contributed by atoms with Gasteiger partial charge in [0.25, 0.3) is 5.91 Å². The van der Waals surface area contributed by atoms with E-state index in [1.165, 1.54) is 21.9 Å². The third-order valence-electron chi connectivity index (χ3n) is 7.04. The van der Waals surface area contributed by atoms with Crippen molar-refractivity contribution >= 4 is 27.7 Å². The van der Waals surface area contributed by atoms with E-state index in [1.807, 2.05) is 38.1 Å². The summed E-state index contributed by atoms with van der Waals surface area (Å²) in [7, 11) is 0. The molecule has 5 aromatic rings. The SMILES string of the molecule is Cc1ccc(C)c(OCC(=O)NCCCCCc2nc3ccccc3n2Cc2cccc3ccccc23)c1. The first-order chi connectivity index (χ1) is 18.6. The summed E-state index contributed by atoms with van der Waals surface area (Å²) in [6.07, 6.45) is 3.88. The maximum absolute atomic E-state index is 12.2. The molecule has 4 aromatic carbocycles. The number of ether oxygens (including phenoxy) is 1. The van der Waals surface area contributed by atoms with Gasteiger partial charge in [0.2, 0.25) is 0 Å². The van der Waals surface area contributed by atoms with E-state index in [-0.39, 0.29) is 12.5 Å². The Morgan fingerprint density at radius 1 is 0.895 bits per heavy atom. The predicted octanol–water partition coefficient (Wildman–Crippen LogP) is 6.76. The first-order valence-electron chi connectivity index (χ1n) is 13.5. The second-order valence-electron chi connectivity index (χ2n) is 9.96. The second kappa shape index (κ2) is 12.0. The van der Waals surface area contributed by atoms with Crippen LogP contribution in [-0.2, 0) is 17.8 Å². The molecule has 194 valence electrons. The van der Waals surface area contributed by atoms with Crippen LogP contribution in [0.1, 0.15) is 41.8 Å². The maximum Gasteiger partial charge on any atom is 0.257 e. The number of nitrogens with one attached hydrogen (secondary N) is 1. The van der Waals surface area contributed by atoms with Crippen LogP contribution in [-0.4, -0.2) is 28.6 Å². The monoisotopic (exact) mass is 505 g/mol. The topological polar surface area (TPSA) is 56.1 Å². The number of imidazole rings is 1. The molecule has 1 aromatic heterocycles. The van der Waals surface area contributed by atoms with Crippen LogP contribution in [0.3, 0.4) is 0 Å². The molecule has 5 nitrogen and oxygen atoms in total. The lowest BCUT2D eigenvalue weighted by molar-refractivity contribution is -0.123. The summed E-state index contributed by atoms with van der Waals surface area (Å²) in [5.41, 5.74) is 5.68. The minimum absolute atomic E-state index is 0.0441. The van der Waals surface area contributed by atoms with Gasteiger partial charge >= 0.3 is 0 Å². The number of hydrogen-bond acceptors (Lipinski definition) is 3. The molecule has 0 radical (unpaired) electrons. The first kappa shape index (κ1) is 25.5. The second-order valence-corrected chi connectivity index (χ2v) is 9.96. The zero-order chi connectivity index (χ0) is 26.3. The normalized spacial score (nSPS) is 11.2.